The summed E-state index contributed by atoms with van der Waals surface area (Å²) in [6.45, 7) is 20.2. The molecule has 5 aliphatic carbocycles. The average Bonchev–Trinajstić information content (AvgIpc) is 3.60. The van der Waals surface area contributed by atoms with Crippen molar-refractivity contribution in [3.05, 3.63) is 0 Å². The van der Waals surface area contributed by atoms with Crippen LogP contribution >= 0.6 is 0 Å². The second kappa shape index (κ2) is 11.0. The van der Waals surface area contributed by atoms with Crippen molar-refractivity contribution >= 4 is 12.2 Å². The maximum atomic E-state index is 12.8. The summed E-state index contributed by atoms with van der Waals surface area (Å²) in [5.74, 6) is 1.70. The van der Waals surface area contributed by atoms with Crippen LogP contribution in [0.25, 0.3) is 0 Å². The number of rotatable bonds is 6. The van der Waals surface area contributed by atoms with Gasteiger partial charge in [0, 0.05) is 30.5 Å². The van der Waals surface area contributed by atoms with E-state index in [1.807, 2.05) is 6.92 Å². The smallest absolute Gasteiger partial charge is 0.407 e. The van der Waals surface area contributed by atoms with Gasteiger partial charge in [0.05, 0.1) is 24.4 Å². The molecule has 7 rings (SSSR count). The van der Waals surface area contributed by atoms with E-state index in [-0.39, 0.29) is 75.5 Å². The van der Waals surface area contributed by atoms with Crippen LogP contribution in [-0.4, -0.2) is 73.5 Å². The van der Waals surface area contributed by atoms with Crippen LogP contribution in [0.3, 0.4) is 0 Å². The lowest BCUT2D eigenvalue weighted by Crippen LogP contribution is -2.60. The molecule has 0 aromatic carbocycles. The summed E-state index contributed by atoms with van der Waals surface area (Å²) in [5.41, 5.74) is 0.147. The van der Waals surface area contributed by atoms with E-state index in [9.17, 15) is 14.7 Å². The molecule has 0 aromatic heterocycles. The molecule has 7 aliphatic rings. The van der Waals surface area contributed by atoms with Crippen LogP contribution in [0, 0.1) is 56.7 Å². The summed E-state index contributed by atoms with van der Waals surface area (Å²) in [7, 11) is 0. The van der Waals surface area contributed by atoms with Gasteiger partial charge in [0.25, 0.3) is 0 Å². The molecule has 46 heavy (non-hydrogen) atoms. The van der Waals surface area contributed by atoms with Crippen molar-refractivity contribution in [2.24, 2.45) is 56.7 Å². The Morgan fingerprint density at radius 2 is 1.70 bits per heavy atom. The first kappa shape index (κ1) is 32.9. The molecule has 13 atom stereocenters. The lowest BCUT2D eigenvalue weighted by molar-refractivity contribution is -0.184. The zero-order valence-corrected chi connectivity index (χ0v) is 29.6. The van der Waals surface area contributed by atoms with Crippen molar-refractivity contribution in [3.8, 4) is 0 Å². The van der Waals surface area contributed by atoms with Crippen molar-refractivity contribution in [2.45, 2.75) is 143 Å². The van der Waals surface area contributed by atoms with Gasteiger partial charge in [-0.2, -0.15) is 0 Å². The number of carbonyl (C=O) groups excluding carboxylic acids is 2. The van der Waals surface area contributed by atoms with Crippen molar-refractivity contribution < 1.29 is 28.9 Å². The number of amides is 2. The largest absolute Gasteiger partial charge is 0.446 e. The summed E-state index contributed by atoms with van der Waals surface area (Å²) in [5, 5.41) is 21.6. The van der Waals surface area contributed by atoms with E-state index in [1.54, 1.807) is 0 Å². The van der Waals surface area contributed by atoms with Crippen LogP contribution in [-0.2, 0) is 14.2 Å². The van der Waals surface area contributed by atoms with Crippen LogP contribution in [0.1, 0.15) is 107 Å². The monoisotopic (exact) mass is 643 g/mol. The molecule has 260 valence electrons. The zero-order chi connectivity index (χ0) is 33.0. The number of aliphatic hydroxyl groups is 1. The summed E-state index contributed by atoms with van der Waals surface area (Å²) in [6.07, 6.45) is 6.55. The van der Waals surface area contributed by atoms with Crippen LogP contribution in [0.5, 0.6) is 0 Å². The highest BCUT2D eigenvalue weighted by Gasteiger charge is 2.84. The maximum absolute atomic E-state index is 12.8. The molecule has 2 aliphatic heterocycles. The standard InChI is InChI=1S/C37H61N3O6/c1-9-39-31(42)46-28(20(2)3)23-16-21(4)27-29(44-23)30(41)35(8)25-11-10-24-33(5,6)26(45-32(43)40-22-17-38-18-22)12-13-36(24)19-37(25,36)15-14-34(27,35)7/h20-30,38,41H,9-19H2,1-8H3,(H,39,42)(H,40,43)/t21-,23-,24+,25+,26+,27+,28-,29+,30+,34-,35-,36-,37+/m1/s1. The highest BCUT2D eigenvalue weighted by atomic mass is 16.6. The number of hydrogen-bond acceptors (Lipinski definition) is 7. The molecule has 0 radical (unpaired) electrons. The predicted molar refractivity (Wildman–Crippen MR) is 175 cm³/mol. The van der Waals surface area contributed by atoms with Gasteiger partial charge in [0.15, 0.2) is 0 Å². The lowest BCUT2D eigenvalue weighted by atomic mass is 9.41. The van der Waals surface area contributed by atoms with E-state index >= 15 is 0 Å². The molecule has 2 saturated heterocycles. The van der Waals surface area contributed by atoms with Crippen LogP contribution < -0.4 is 16.0 Å². The van der Waals surface area contributed by atoms with Crippen molar-refractivity contribution in [2.75, 3.05) is 19.6 Å². The topological polar surface area (TPSA) is 118 Å². The van der Waals surface area contributed by atoms with Crippen molar-refractivity contribution in [3.63, 3.8) is 0 Å². The van der Waals surface area contributed by atoms with Gasteiger partial charge in [-0.3, -0.25) is 0 Å². The van der Waals surface area contributed by atoms with Crippen LogP contribution in [0.15, 0.2) is 0 Å². The molecular weight excluding hydrogens is 582 g/mol. The third-order valence-corrected chi connectivity index (χ3v) is 15.7. The number of ether oxygens (including phenoxy) is 3. The highest BCUT2D eigenvalue weighted by Crippen LogP contribution is 2.89. The molecular formula is C37H61N3O6. The highest BCUT2D eigenvalue weighted by molar-refractivity contribution is 5.68. The Balaban J connectivity index is 1.12. The van der Waals surface area contributed by atoms with Gasteiger partial charge >= 0.3 is 12.2 Å². The van der Waals surface area contributed by atoms with E-state index in [0.29, 0.717) is 24.3 Å². The van der Waals surface area contributed by atoms with E-state index in [1.165, 1.54) is 12.8 Å². The quantitative estimate of drug-likeness (QED) is 0.296. The number of alkyl carbamates (subject to hydrolysis) is 2. The van der Waals surface area contributed by atoms with E-state index in [2.05, 4.69) is 64.4 Å². The number of nitrogens with one attached hydrogen (secondary N) is 3. The number of hydrogen-bond donors (Lipinski definition) is 4. The molecule has 7 fully saturated rings. The normalized spacial score (nSPS) is 49.2. The van der Waals surface area contributed by atoms with E-state index in [4.69, 9.17) is 14.2 Å². The molecule has 5 saturated carbocycles. The maximum Gasteiger partial charge on any atom is 0.407 e. The minimum absolute atomic E-state index is 0.0218. The molecule has 2 amide bonds. The molecule has 2 heterocycles. The Hall–Kier alpha value is -1.58. The Bertz CT molecular complexity index is 1220. The fraction of sp³-hybridized carbons (Fsp3) is 0.946. The van der Waals surface area contributed by atoms with Gasteiger partial charge in [-0.15, -0.1) is 0 Å². The van der Waals surface area contributed by atoms with Crippen LogP contribution in [0.4, 0.5) is 9.59 Å². The summed E-state index contributed by atoms with van der Waals surface area (Å²) in [6, 6.07) is 0.179. The first-order chi connectivity index (χ1) is 21.7. The van der Waals surface area contributed by atoms with E-state index < -0.39 is 12.2 Å². The Morgan fingerprint density at radius 3 is 2.35 bits per heavy atom. The van der Waals surface area contributed by atoms with Gasteiger partial charge in [0.2, 0.25) is 0 Å². The first-order valence-corrected chi connectivity index (χ1v) is 18.6. The van der Waals surface area contributed by atoms with Crippen molar-refractivity contribution in [1.82, 2.24) is 16.0 Å². The third-order valence-electron chi connectivity index (χ3n) is 15.7. The Morgan fingerprint density at radius 1 is 1.00 bits per heavy atom. The first-order valence-electron chi connectivity index (χ1n) is 18.6. The molecule has 0 aromatic rings. The molecule has 0 unspecified atom stereocenters. The predicted octanol–water partition coefficient (Wildman–Crippen LogP) is 5.64. The molecule has 0 bridgehead atoms. The van der Waals surface area contributed by atoms with Gasteiger partial charge < -0.3 is 35.3 Å². The SMILES string of the molecule is CCNC(=O)O[C@H](C(C)C)[C@H]1C[C@@H](C)[C@H]2[C@H](O1)[C@H](O)[C@@]1(C)[C@@H]3CC[C@H]4C(C)(C)[C@@H](OC(=O)NC5CNC5)CC[C@@]45C[C@@]35CC[C@]21C. The Kier molecular flexibility index (Phi) is 7.85. The molecule has 9 heteroatoms. The third kappa shape index (κ3) is 4.34. The molecule has 9 nitrogen and oxygen atoms in total. The number of carbonyl (C=O) groups is 2. The minimum atomic E-state index is -0.557. The fourth-order valence-electron chi connectivity index (χ4n) is 13.4. The second-order valence-corrected chi connectivity index (χ2v) is 18.1. The minimum Gasteiger partial charge on any atom is -0.446 e. The molecule has 2 spiro atoms. The van der Waals surface area contributed by atoms with Gasteiger partial charge in [-0.1, -0.05) is 48.5 Å². The van der Waals surface area contributed by atoms with Gasteiger partial charge in [-0.05, 0) is 104 Å². The summed E-state index contributed by atoms with van der Waals surface area (Å²) in [4.78, 5) is 25.3. The van der Waals surface area contributed by atoms with Gasteiger partial charge in [0.1, 0.15) is 12.2 Å². The van der Waals surface area contributed by atoms with Crippen molar-refractivity contribution in [1.29, 1.82) is 0 Å². The lowest BCUT2D eigenvalue weighted by Gasteiger charge is -2.63. The number of aliphatic hydroxyl groups excluding tert-OH is 1. The molecule has 4 N–H and O–H groups in total. The average molecular weight is 644 g/mol. The summed E-state index contributed by atoms with van der Waals surface area (Å²) < 4.78 is 19.1. The summed E-state index contributed by atoms with van der Waals surface area (Å²) >= 11 is 0. The number of fused-ring (bicyclic) bond motifs is 4. The van der Waals surface area contributed by atoms with Crippen LogP contribution in [0.2, 0.25) is 0 Å². The zero-order valence-electron chi connectivity index (χ0n) is 29.6. The second-order valence-electron chi connectivity index (χ2n) is 18.1. The Labute approximate surface area is 276 Å². The van der Waals surface area contributed by atoms with Gasteiger partial charge in [-0.25, -0.2) is 9.59 Å². The fourth-order valence-corrected chi connectivity index (χ4v) is 13.4. The van der Waals surface area contributed by atoms with E-state index in [0.717, 1.165) is 51.6 Å².